The van der Waals surface area contributed by atoms with Crippen LogP contribution >= 0.6 is 0 Å². The summed E-state index contributed by atoms with van der Waals surface area (Å²) in [6.07, 6.45) is 8.64. The third-order valence-electron chi connectivity index (χ3n) is 2.13. The Morgan fingerprint density at radius 2 is 1.60 bits per heavy atom. The van der Waals surface area contributed by atoms with Gasteiger partial charge in [-0.2, -0.15) is 0 Å². The Morgan fingerprint density at radius 3 is 2.07 bits per heavy atom. The molecule has 0 aromatic heterocycles. The number of hydrogen-bond acceptors (Lipinski definition) is 1. The van der Waals surface area contributed by atoms with Crippen molar-refractivity contribution in [2.75, 3.05) is 0 Å². The highest BCUT2D eigenvalue weighted by molar-refractivity contribution is 5.80. The average Bonchev–Trinajstić information content (AvgIpc) is 2.33. The normalized spacial score (nSPS) is 15.0. The van der Waals surface area contributed by atoms with E-state index in [1.165, 1.54) is 36.8 Å². The van der Waals surface area contributed by atoms with Gasteiger partial charge < -0.3 is 0 Å². The lowest BCUT2D eigenvalue weighted by Crippen LogP contribution is -1.97. The molecule has 0 fully saturated rings. The molecule has 0 spiro atoms. The second kappa shape index (κ2) is 13.2. The molecule has 1 heteroatoms. The lowest BCUT2D eigenvalue weighted by molar-refractivity contribution is 0.690. The maximum Gasteiger partial charge on any atom is 0.0299 e. The summed E-state index contributed by atoms with van der Waals surface area (Å²) < 4.78 is 0. The second-order valence-corrected chi connectivity index (χ2v) is 2.97. The smallest absolute Gasteiger partial charge is 0.0299 e. The zero-order valence-electron chi connectivity index (χ0n) is 11.1. The van der Waals surface area contributed by atoms with Gasteiger partial charge in [-0.05, 0) is 38.2 Å². The van der Waals surface area contributed by atoms with E-state index in [1.54, 1.807) is 6.20 Å². The average molecular weight is 209 g/mol. The summed E-state index contributed by atoms with van der Waals surface area (Å²) in [4.78, 5) is 4.03. The van der Waals surface area contributed by atoms with Gasteiger partial charge >= 0.3 is 0 Å². The van der Waals surface area contributed by atoms with Crippen molar-refractivity contribution in [3.05, 3.63) is 23.9 Å². The maximum atomic E-state index is 4.03. The molecule has 0 unspecified atom stereocenters. The number of hydrogen-bond donors (Lipinski definition) is 0. The van der Waals surface area contributed by atoms with E-state index in [1.807, 2.05) is 33.9 Å². The van der Waals surface area contributed by atoms with E-state index in [-0.39, 0.29) is 0 Å². The molecule has 0 saturated carbocycles. The highest BCUT2D eigenvalue weighted by Gasteiger charge is 2.05. The molecule has 0 bridgehead atoms. The van der Waals surface area contributed by atoms with Crippen molar-refractivity contribution < 1.29 is 0 Å². The van der Waals surface area contributed by atoms with Gasteiger partial charge in [0.1, 0.15) is 0 Å². The molecule has 0 amide bonds. The quantitative estimate of drug-likeness (QED) is 0.558. The molecule has 0 atom stereocenters. The van der Waals surface area contributed by atoms with Gasteiger partial charge in [-0.1, -0.05) is 39.8 Å². The summed E-state index contributed by atoms with van der Waals surface area (Å²) in [6.45, 7) is 13.7. The number of allylic oxidation sites excluding steroid dienone is 2. The first-order valence-electron chi connectivity index (χ1n) is 6.17. The lowest BCUT2D eigenvalue weighted by atomic mass is 9.94. The molecule has 0 N–H and O–H groups in total. The Hall–Kier alpha value is -0.850. The summed E-state index contributed by atoms with van der Waals surface area (Å²) in [5.41, 5.74) is 2.91. The van der Waals surface area contributed by atoms with E-state index in [2.05, 4.69) is 18.5 Å². The third-order valence-corrected chi connectivity index (χ3v) is 2.13. The minimum atomic E-state index is 1.20. The van der Waals surface area contributed by atoms with Crippen LogP contribution in [0, 0.1) is 0 Å². The molecule has 0 aromatic rings. The summed E-state index contributed by atoms with van der Waals surface area (Å²) in [6, 6.07) is 0. The Bertz CT molecular complexity index is 199. The SMILES string of the molecule is C=CN=CC1=C(C)CCCC1.CC.CC. The molecular formula is C14H27N. The van der Waals surface area contributed by atoms with E-state index < -0.39 is 0 Å². The molecule has 1 nitrogen and oxygen atoms in total. The largest absolute Gasteiger partial charge is 0.265 e. The molecule has 0 saturated heterocycles. The highest BCUT2D eigenvalue weighted by Crippen LogP contribution is 2.22. The van der Waals surface area contributed by atoms with E-state index in [0.29, 0.717) is 0 Å². The fourth-order valence-electron chi connectivity index (χ4n) is 1.40. The number of nitrogens with zero attached hydrogens (tertiary/aromatic N) is 1. The van der Waals surface area contributed by atoms with Gasteiger partial charge in [0.2, 0.25) is 0 Å². The van der Waals surface area contributed by atoms with Crippen molar-refractivity contribution in [2.45, 2.75) is 60.3 Å². The summed E-state index contributed by atoms with van der Waals surface area (Å²) in [5.74, 6) is 0. The van der Waals surface area contributed by atoms with E-state index >= 15 is 0 Å². The molecule has 15 heavy (non-hydrogen) atoms. The Labute approximate surface area is 96.0 Å². The van der Waals surface area contributed by atoms with Gasteiger partial charge in [0.25, 0.3) is 0 Å². The van der Waals surface area contributed by atoms with Gasteiger partial charge in [0, 0.05) is 12.4 Å². The third kappa shape index (κ3) is 8.17. The van der Waals surface area contributed by atoms with Crippen LogP contribution in [0.1, 0.15) is 60.3 Å². The van der Waals surface area contributed by atoms with Crippen LogP contribution in [0.15, 0.2) is 28.9 Å². The highest BCUT2D eigenvalue weighted by atomic mass is 14.7. The van der Waals surface area contributed by atoms with Crippen LogP contribution < -0.4 is 0 Å². The maximum absolute atomic E-state index is 4.03. The first kappa shape index (κ1) is 16.6. The zero-order valence-corrected chi connectivity index (χ0v) is 11.1. The lowest BCUT2D eigenvalue weighted by Gasteiger charge is -2.13. The fourth-order valence-corrected chi connectivity index (χ4v) is 1.40. The molecular weight excluding hydrogens is 182 g/mol. The van der Waals surface area contributed by atoms with Crippen LogP contribution in [0.25, 0.3) is 0 Å². The minimum Gasteiger partial charge on any atom is -0.265 e. The molecule has 88 valence electrons. The van der Waals surface area contributed by atoms with Gasteiger partial charge in [-0.25, -0.2) is 0 Å². The number of rotatable bonds is 2. The Kier molecular flexibility index (Phi) is 14.5. The van der Waals surface area contributed by atoms with Crippen LogP contribution in [-0.4, -0.2) is 6.21 Å². The zero-order chi connectivity index (χ0) is 12.1. The van der Waals surface area contributed by atoms with Crippen LogP contribution in [0.2, 0.25) is 0 Å². The van der Waals surface area contributed by atoms with E-state index in [0.717, 1.165) is 0 Å². The van der Waals surface area contributed by atoms with Crippen molar-refractivity contribution in [3.8, 4) is 0 Å². The monoisotopic (exact) mass is 209 g/mol. The Morgan fingerprint density at radius 1 is 1.07 bits per heavy atom. The van der Waals surface area contributed by atoms with Gasteiger partial charge in [0.15, 0.2) is 0 Å². The van der Waals surface area contributed by atoms with Crippen molar-refractivity contribution in [2.24, 2.45) is 4.99 Å². The van der Waals surface area contributed by atoms with Crippen molar-refractivity contribution >= 4 is 6.21 Å². The summed E-state index contributed by atoms with van der Waals surface area (Å²) in [7, 11) is 0. The molecule has 0 radical (unpaired) electrons. The first-order valence-corrected chi connectivity index (χ1v) is 6.17. The van der Waals surface area contributed by atoms with Crippen molar-refractivity contribution in [3.63, 3.8) is 0 Å². The minimum absolute atomic E-state index is 1.20. The molecule has 1 aliphatic carbocycles. The standard InChI is InChI=1S/C10H15N.2C2H6/c1-3-11-8-10-7-5-4-6-9(10)2;2*1-2/h3,8H,1,4-7H2,2H3;2*1-2H3. The van der Waals surface area contributed by atoms with E-state index in [4.69, 9.17) is 0 Å². The van der Waals surface area contributed by atoms with Crippen molar-refractivity contribution in [1.82, 2.24) is 0 Å². The molecule has 0 heterocycles. The topological polar surface area (TPSA) is 12.4 Å². The van der Waals surface area contributed by atoms with Gasteiger partial charge in [-0.3, -0.25) is 4.99 Å². The molecule has 0 aromatic carbocycles. The van der Waals surface area contributed by atoms with E-state index in [9.17, 15) is 0 Å². The van der Waals surface area contributed by atoms with Gasteiger partial charge in [-0.15, -0.1) is 0 Å². The summed E-state index contributed by atoms with van der Waals surface area (Å²) >= 11 is 0. The molecule has 1 rings (SSSR count). The van der Waals surface area contributed by atoms with Crippen LogP contribution in [0.5, 0.6) is 0 Å². The van der Waals surface area contributed by atoms with Crippen LogP contribution in [-0.2, 0) is 0 Å². The van der Waals surface area contributed by atoms with Crippen LogP contribution in [0.3, 0.4) is 0 Å². The second-order valence-electron chi connectivity index (χ2n) is 2.97. The summed E-state index contributed by atoms with van der Waals surface area (Å²) in [5, 5.41) is 0. The fraction of sp³-hybridized carbons (Fsp3) is 0.643. The Balaban J connectivity index is 0. The van der Waals surface area contributed by atoms with Gasteiger partial charge in [0.05, 0.1) is 0 Å². The number of aliphatic imine (C=N–C) groups is 1. The molecule has 1 aliphatic rings. The first-order chi connectivity index (χ1) is 7.34. The molecule has 0 aliphatic heterocycles. The van der Waals surface area contributed by atoms with Crippen LogP contribution in [0.4, 0.5) is 0 Å². The predicted molar refractivity (Wildman–Crippen MR) is 72.6 cm³/mol. The van der Waals surface area contributed by atoms with Crippen molar-refractivity contribution in [1.29, 1.82) is 0 Å². The predicted octanol–water partition coefficient (Wildman–Crippen LogP) is 5.14.